The van der Waals surface area contributed by atoms with E-state index >= 15 is 0 Å². The predicted octanol–water partition coefficient (Wildman–Crippen LogP) is 1.59. The number of halogens is 4. The van der Waals surface area contributed by atoms with Crippen LogP contribution in [-0.2, 0) is 0 Å². The lowest BCUT2D eigenvalue weighted by molar-refractivity contribution is -0.123. The Morgan fingerprint density at radius 2 is 2.00 bits per heavy atom. The van der Waals surface area contributed by atoms with E-state index in [2.05, 4.69) is 15.4 Å². The molecule has 0 aliphatic heterocycles. The van der Waals surface area contributed by atoms with Crippen LogP contribution in [0.3, 0.4) is 0 Å². The van der Waals surface area contributed by atoms with Gasteiger partial charge < -0.3 is 5.32 Å². The van der Waals surface area contributed by atoms with Crippen LogP contribution in [0.25, 0.3) is 11.0 Å². The molecule has 1 heterocycles. The van der Waals surface area contributed by atoms with Crippen LogP contribution in [0.15, 0.2) is 18.2 Å². The van der Waals surface area contributed by atoms with Gasteiger partial charge in [0.2, 0.25) is 0 Å². The van der Waals surface area contributed by atoms with Gasteiger partial charge in [-0.1, -0.05) is 0 Å². The number of carbonyl (C=O) groups excluding carboxylic acids is 1. The summed E-state index contributed by atoms with van der Waals surface area (Å²) in [7, 11) is 0. The first-order valence-electron chi connectivity index (χ1n) is 5.15. The molecule has 0 bridgehead atoms. The van der Waals surface area contributed by atoms with Gasteiger partial charge in [0.25, 0.3) is 5.91 Å². The van der Waals surface area contributed by atoms with Gasteiger partial charge in [0, 0.05) is 5.56 Å². The molecule has 0 atom stereocenters. The molecular formula is C10H8F4N4O. The van der Waals surface area contributed by atoms with Crippen LogP contribution in [0, 0.1) is 0 Å². The molecule has 5 nitrogen and oxygen atoms in total. The number of aromatic amines is 1. The third-order valence-electron chi connectivity index (χ3n) is 2.38. The molecule has 9 heteroatoms. The van der Waals surface area contributed by atoms with Gasteiger partial charge in [-0.15, -0.1) is 0 Å². The van der Waals surface area contributed by atoms with Crippen molar-refractivity contribution in [2.45, 2.75) is 12.3 Å². The fourth-order valence-corrected chi connectivity index (χ4v) is 1.36. The van der Waals surface area contributed by atoms with Crippen molar-refractivity contribution in [3.8, 4) is 0 Å². The van der Waals surface area contributed by atoms with Gasteiger partial charge >= 0.3 is 12.3 Å². The third kappa shape index (κ3) is 2.80. The van der Waals surface area contributed by atoms with Gasteiger partial charge in [0.1, 0.15) is 11.0 Å². The van der Waals surface area contributed by atoms with E-state index in [-0.39, 0.29) is 5.56 Å². The number of rotatable bonds is 4. The predicted molar refractivity (Wildman–Crippen MR) is 57.2 cm³/mol. The van der Waals surface area contributed by atoms with E-state index in [1.165, 1.54) is 18.2 Å². The Morgan fingerprint density at radius 3 is 2.68 bits per heavy atom. The molecule has 2 aromatic rings. The second-order valence-electron chi connectivity index (χ2n) is 3.77. The molecule has 0 unspecified atom stereocenters. The van der Waals surface area contributed by atoms with Gasteiger partial charge in [-0.25, -0.2) is 8.78 Å². The second kappa shape index (κ2) is 4.82. The number of H-pyrrole nitrogens is 1. The largest absolute Gasteiger partial charge is 0.346 e. The van der Waals surface area contributed by atoms with E-state index in [1.807, 2.05) is 0 Å². The SMILES string of the molecule is O=C(NCC(F)(F)C(F)F)c1ccc2n[nH]nc2c1. The lowest BCUT2D eigenvalue weighted by Crippen LogP contribution is -2.41. The molecule has 0 aliphatic carbocycles. The molecule has 1 amide bonds. The highest BCUT2D eigenvalue weighted by Crippen LogP contribution is 2.21. The minimum Gasteiger partial charge on any atom is -0.346 e. The maximum Gasteiger partial charge on any atom is 0.324 e. The first-order valence-corrected chi connectivity index (χ1v) is 5.15. The zero-order chi connectivity index (χ0) is 14.0. The van der Waals surface area contributed by atoms with Crippen LogP contribution in [-0.4, -0.2) is 40.2 Å². The summed E-state index contributed by atoms with van der Waals surface area (Å²) in [4.78, 5) is 11.5. The standard InChI is InChI=1S/C10H8F4N4O/c11-9(12)10(13,14)4-15-8(19)5-1-2-6-7(3-5)17-18-16-6/h1-3,9H,4H2,(H,15,19)(H,16,17,18). The summed E-state index contributed by atoms with van der Waals surface area (Å²) in [5.74, 6) is -5.14. The van der Waals surface area contributed by atoms with E-state index < -0.39 is 24.8 Å². The average molecular weight is 276 g/mol. The average Bonchev–Trinajstić information content (AvgIpc) is 2.82. The molecule has 1 aromatic heterocycles. The summed E-state index contributed by atoms with van der Waals surface area (Å²) in [6.07, 6.45) is -3.83. The number of amides is 1. The highest BCUT2D eigenvalue weighted by atomic mass is 19.3. The summed E-state index contributed by atoms with van der Waals surface area (Å²) in [6.45, 7) is -1.43. The first-order chi connectivity index (χ1) is 8.90. The number of aromatic nitrogens is 3. The number of alkyl halides is 4. The van der Waals surface area contributed by atoms with Gasteiger partial charge in [0.15, 0.2) is 0 Å². The zero-order valence-corrected chi connectivity index (χ0v) is 9.33. The number of fused-ring (bicyclic) bond motifs is 1. The molecule has 1 aromatic carbocycles. The number of benzene rings is 1. The fraction of sp³-hybridized carbons (Fsp3) is 0.300. The van der Waals surface area contributed by atoms with Gasteiger partial charge in [-0.2, -0.15) is 24.2 Å². The van der Waals surface area contributed by atoms with Crippen molar-refractivity contribution in [2.75, 3.05) is 6.54 Å². The number of carbonyl (C=O) groups is 1. The number of hydrogen-bond acceptors (Lipinski definition) is 3. The Hall–Kier alpha value is -2.19. The monoisotopic (exact) mass is 276 g/mol. The number of nitrogens with one attached hydrogen (secondary N) is 2. The summed E-state index contributed by atoms with van der Waals surface area (Å²) in [5.41, 5.74) is 0.897. The van der Waals surface area contributed by atoms with Crippen molar-refractivity contribution in [3.63, 3.8) is 0 Å². The van der Waals surface area contributed by atoms with Gasteiger partial charge in [0.05, 0.1) is 6.54 Å². The van der Waals surface area contributed by atoms with Crippen molar-refractivity contribution in [1.29, 1.82) is 0 Å². The van der Waals surface area contributed by atoms with Crippen LogP contribution in [0.1, 0.15) is 10.4 Å². The molecule has 0 fully saturated rings. The first kappa shape index (κ1) is 13.2. The molecule has 0 radical (unpaired) electrons. The van der Waals surface area contributed by atoms with Crippen LogP contribution >= 0.6 is 0 Å². The Bertz CT molecular complexity index is 598. The maximum atomic E-state index is 12.6. The van der Waals surface area contributed by atoms with Crippen LogP contribution < -0.4 is 5.32 Å². The van der Waals surface area contributed by atoms with Crippen molar-refractivity contribution >= 4 is 16.9 Å². The van der Waals surface area contributed by atoms with E-state index in [4.69, 9.17) is 0 Å². The van der Waals surface area contributed by atoms with E-state index in [0.29, 0.717) is 11.0 Å². The lowest BCUT2D eigenvalue weighted by atomic mass is 10.2. The Morgan fingerprint density at radius 1 is 1.32 bits per heavy atom. The normalized spacial score (nSPS) is 12.1. The lowest BCUT2D eigenvalue weighted by Gasteiger charge is -2.15. The summed E-state index contributed by atoms with van der Waals surface area (Å²) < 4.78 is 49.1. The molecular weight excluding hydrogens is 268 g/mol. The van der Waals surface area contributed by atoms with Crippen LogP contribution in [0.4, 0.5) is 17.6 Å². The topological polar surface area (TPSA) is 70.7 Å². The molecule has 2 rings (SSSR count). The molecule has 0 saturated heterocycles. The van der Waals surface area contributed by atoms with Gasteiger partial charge in [-0.3, -0.25) is 4.79 Å². The van der Waals surface area contributed by atoms with Gasteiger partial charge in [-0.05, 0) is 18.2 Å². The quantitative estimate of drug-likeness (QED) is 0.833. The Labute approximate surface area is 104 Å². The van der Waals surface area contributed by atoms with Crippen LogP contribution in [0.2, 0.25) is 0 Å². The highest BCUT2D eigenvalue weighted by Gasteiger charge is 2.40. The van der Waals surface area contributed by atoms with Crippen molar-refractivity contribution in [1.82, 2.24) is 20.7 Å². The maximum absolute atomic E-state index is 12.6. The molecule has 0 aliphatic rings. The Kier molecular flexibility index (Phi) is 3.36. The third-order valence-corrected chi connectivity index (χ3v) is 2.38. The highest BCUT2D eigenvalue weighted by molar-refractivity contribution is 5.97. The number of nitrogens with zero attached hydrogens (tertiary/aromatic N) is 2. The molecule has 0 saturated carbocycles. The van der Waals surface area contributed by atoms with E-state index in [9.17, 15) is 22.4 Å². The Balaban J connectivity index is 2.07. The number of hydrogen-bond donors (Lipinski definition) is 2. The van der Waals surface area contributed by atoms with E-state index in [1.54, 1.807) is 5.32 Å². The van der Waals surface area contributed by atoms with Crippen molar-refractivity contribution in [2.24, 2.45) is 0 Å². The molecule has 2 N–H and O–H groups in total. The van der Waals surface area contributed by atoms with Crippen LogP contribution in [0.5, 0.6) is 0 Å². The molecule has 19 heavy (non-hydrogen) atoms. The summed E-state index contributed by atoms with van der Waals surface area (Å²) >= 11 is 0. The fourth-order valence-electron chi connectivity index (χ4n) is 1.36. The van der Waals surface area contributed by atoms with Crippen molar-refractivity contribution in [3.05, 3.63) is 23.8 Å². The molecule has 102 valence electrons. The molecule has 0 spiro atoms. The second-order valence-corrected chi connectivity index (χ2v) is 3.77. The summed E-state index contributed by atoms with van der Waals surface area (Å²) in [5, 5.41) is 11.5. The van der Waals surface area contributed by atoms with E-state index in [0.717, 1.165) is 0 Å². The van der Waals surface area contributed by atoms with Crippen molar-refractivity contribution < 1.29 is 22.4 Å². The minimum absolute atomic E-state index is 0.0338. The minimum atomic E-state index is -4.26. The smallest absolute Gasteiger partial charge is 0.324 e. The zero-order valence-electron chi connectivity index (χ0n) is 9.33. The summed E-state index contributed by atoms with van der Waals surface area (Å²) in [6, 6.07) is 4.11.